The van der Waals surface area contributed by atoms with Crippen LogP contribution in [0.5, 0.6) is 0 Å². The second-order valence-electron chi connectivity index (χ2n) is 6.07. The number of thioether (sulfide) groups is 1. The molecule has 0 N–H and O–H groups in total. The van der Waals surface area contributed by atoms with Gasteiger partial charge >= 0.3 is 0 Å². The minimum Gasteiger partial charge on any atom is -0.337 e. The van der Waals surface area contributed by atoms with Crippen LogP contribution in [0.2, 0.25) is 5.02 Å². The second-order valence-corrected chi connectivity index (χ2v) is 7.45. The number of hydrogen-bond acceptors (Lipinski definition) is 5. The van der Waals surface area contributed by atoms with E-state index in [9.17, 15) is 4.79 Å². The lowest BCUT2D eigenvalue weighted by Crippen LogP contribution is -2.48. The molecule has 1 amide bonds. The van der Waals surface area contributed by atoms with Gasteiger partial charge in [-0.2, -0.15) is 4.68 Å². The van der Waals surface area contributed by atoms with E-state index in [1.165, 1.54) is 18.2 Å². The third kappa shape index (κ3) is 3.72. The zero-order chi connectivity index (χ0) is 17.1. The Labute approximate surface area is 150 Å². The quantitative estimate of drug-likeness (QED) is 0.778. The standard InChI is InChI=1S/C16H20ClN5OS/c1-11-4-3-5-12(2)21(11)15(23)10-24-16-18-19-20-22(16)14-8-6-13(17)7-9-14/h6-9,11-12H,3-5,10H2,1-2H3/t11-,12-/m1/s1. The summed E-state index contributed by atoms with van der Waals surface area (Å²) in [5.41, 5.74) is 0.819. The lowest BCUT2D eigenvalue weighted by Gasteiger charge is -2.39. The Bertz CT molecular complexity index is 695. The summed E-state index contributed by atoms with van der Waals surface area (Å²) in [7, 11) is 0. The van der Waals surface area contributed by atoms with Crippen molar-refractivity contribution in [2.24, 2.45) is 0 Å². The van der Waals surface area contributed by atoms with E-state index < -0.39 is 0 Å². The molecule has 3 rings (SSSR count). The van der Waals surface area contributed by atoms with Crippen LogP contribution < -0.4 is 0 Å². The van der Waals surface area contributed by atoms with Crippen LogP contribution in [0.15, 0.2) is 29.4 Å². The topological polar surface area (TPSA) is 63.9 Å². The molecule has 1 aromatic heterocycles. The van der Waals surface area contributed by atoms with E-state index in [0.717, 1.165) is 18.5 Å². The van der Waals surface area contributed by atoms with Crippen LogP contribution in [0.25, 0.3) is 5.69 Å². The molecule has 24 heavy (non-hydrogen) atoms. The SMILES string of the molecule is C[C@@H]1CCC[C@@H](C)N1C(=O)CSc1nnnn1-c1ccc(Cl)cc1. The van der Waals surface area contributed by atoms with Crippen LogP contribution in [0, 0.1) is 0 Å². The van der Waals surface area contributed by atoms with Crippen LogP contribution in [0.1, 0.15) is 33.1 Å². The van der Waals surface area contributed by atoms with Gasteiger partial charge in [0.15, 0.2) is 0 Å². The summed E-state index contributed by atoms with van der Waals surface area (Å²) < 4.78 is 1.62. The fourth-order valence-electron chi connectivity index (χ4n) is 3.13. The maximum atomic E-state index is 12.6. The predicted molar refractivity (Wildman–Crippen MR) is 94.5 cm³/mol. The van der Waals surface area contributed by atoms with Crippen LogP contribution in [-0.2, 0) is 4.79 Å². The smallest absolute Gasteiger partial charge is 0.233 e. The third-order valence-electron chi connectivity index (χ3n) is 4.32. The van der Waals surface area contributed by atoms with E-state index in [1.54, 1.807) is 16.8 Å². The first-order valence-electron chi connectivity index (χ1n) is 8.04. The Morgan fingerprint density at radius 1 is 1.25 bits per heavy atom. The molecule has 1 aliphatic heterocycles. The number of nitrogens with zero attached hydrogens (tertiary/aromatic N) is 5. The van der Waals surface area contributed by atoms with Gasteiger partial charge < -0.3 is 4.90 Å². The van der Waals surface area contributed by atoms with Crippen LogP contribution in [-0.4, -0.2) is 48.9 Å². The molecule has 0 unspecified atom stereocenters. The highest BCUT2D eigenvalue weighted by Gasteiger charge is 2.29. The van der Waals surface area contributed by atoms with Crippen molar-refractivity contribution in [3.8, 4) is 5.69 Å². The minimum atomic E-state index is 0.144. The molecule has 128 valence electrons. The lowest BCUT2D eigenvalue weighted by atomic mass is 9.98. The Kier molecular flexibility index (Phi) is 5.40. The fraction of sp³-hybridized carbons (Fsp3) is 0.500. The highest BCUT2D eigenvalue weighted by Crippen LogP contribution is 2.25. The molecule has 1 fully saturated rings. The highest BCUT2D eigenvalue weighted by atomic mass is 35.5. The zero-order valence-corrected chi connectivity index (χ0v) is 15.3. The zero-order valence-electron chi connectivity index (χ0n) is 13.7. The number of hydrogen-bond donors (Lipinski definition) is 0. The summed E-state index contributed by atoms with van der Waals surface area (Å²) in [6.45, 7) is 4.24. The number of amides is 1. The van der Waals surface area contributed by atoms with Gasteiger partial charge in [-0.1, -0.05) is 23.4 Å². The van der Waals surface area contributed by atoms with Crippen molar-refractivity contribution < 1.29 is 4.79 Å². The first-order valence-corrected chi connectivity index (χ1v) is 9.41. The van der Waals surface area contributed by atoms with E-state index >= 15 is 0 Å². The van der Waals surface area contributed by atoms with E-state index in [4.69, 9.17) is 11.6 Å². The summed E-state index contributed by atoms with van der Waals surface area (Å²) >= 11 is 7.27. The average molecular weight is 366 g/mol. The first-order chi connectivity index (χ1) is 11.6. The van der Waals surface area contributed by atoms with Gasteiger partial charge in [-0.05, 0) is 67.8 Å². The molecule has 2 atom stereocenters. The summed E-state index contributed by atoms with van der Waals surface area (Å²) in [6.07, 6.45) is 3.33. The number of carbonyl (C=O) groups excluding carboxylic acids is 1. The Morgan fingerprint density at radius 3 is 2.58 bits per heavy atom. The number of benzene rings is 1. The average Bonchev–Trinajstić information content (AvgIpc) is 3.02. The van der Waals surface area contributed by atoms with Crippen molar-refractivity contribution in [3.63, 3.8) is 0 Å². The molecule has 0 spiro atoms. The highest BCUT2D eigenvalue weighted by molar-refractivity contribution is 7.99. The molecule has 0 saturated carbocycles. The Hall–Kier alpha value is -1.60. The third-order valence-corrected chi connectivity index (χ3v) is 5.47. The molecule has 0 bridgehead atoms. The fourth-order valence-corrected chi connectivity index (χ4v) is 4.01. The Balaban J connectivity index is 1.68. The monoisotopic (exact) mass is 365 g/mol. The van der Waals surface area contributed by atoms with Gasteiger partial charge in [-0.25, -0.2) is 0 Å². The molecule has 8 heteroatoms. The normalized spacial score (nSPS) is 21.0. The maximum Gasteiger partial charge on any atom is 0.233 e. The van der Waals surface area contributed by atoms with Gasteiger partial charge in [0.1, 0.15) is 0 Å². The van der Waals surface area contributed by atoms with Crippen molar-refractivity contribution in [2.45, 2.75) is 50.4 Å². The van der Waals surface area contributed by atoms with E-state index in [0.29, 0.717) is 28.0 Å². The molecule has 1 aromatic carbocycles. The molecule has 0 radical (unpaired) electrons. The number of tetrazole rings is 1. The van der Waals surface area contributed by atoms with E-state index in [2.05, 4.69) is 29.4 Å². The summed E-state index contributed by atoms with van der Waals surface area (Å²) in [5.74, 6) is 0.480. The Morgan fingerprint density at radius 2 is 1.92 bits per heavy atom. The van der Waals surface area contributed by atoms with Gasteiger partial charge in [0.25, 0.3) is 0 Å². The van der Waals surface area contributed by atoms with Crippen molar-refractivity contribution >= 4 is 29.3 Å². The molecular weight excluding hydrogens is 346 g/mol. The number of halogens is 1. The van der Waals surface area contributed by atoms with Gasteiger partial charge in [0.2, 0.25) is 11.1 Å². The molecule has 1 saturated heterocycles. The van der Waals surface area contributed by atoms with Crippen molar-refractivity contribution in [3.05, 3.63) is 29.3 Å². The first kappa shape index (κ1) is 17.2. The van der Waals surface area contributed by atoms with Gasteiger partial charge in [0.05, 0.1) is 11.4 Å². The molecular formula is C16H20ClN5OS. The summed E-state index contributed by atoms with van der Waals surface area (Å²) in [6, 6.07) is 7.87. The van der Waals surface area contributed by atoms with Gasteiger partial charge in [-0.15, -0.1) is 5.10 Å². The molecule has 2 heterocycles. The van der Waals surface area contributed by atoms with Gasteiger partial charge in [-0.3, -0.25) is 4.79 Å². The number of rotatable bonds is 4. The summed E-state index contributed by atoms with van der Waals surface area (Å²) in [5, 5.41) is 13.0. The van der Waals surface area contributed by atoms with Gasteiger partial charge in [0, 0.05) is 17.1 Å². The van der Waals surface area contributed by atoms with Crippen LogP contribution in [0.3, 0.4) is 0 Å². The van der Waals surface area contributed by atoms with E-state index in [-0.39, 0.29) is 5.91 Å². The second kappa shape index (κ2) is 7.53. The number of piperidine rings is 1. The largest absolute Gasteiger partial charge is 0.337 e. The van der Waals surface area contributed by atoms with E-state index in [1.807, 2.05) is 17.0 Å². The number of aromatic nitrogens is 4. The summed E-state index contributed by atoms with van der Waals surface area (Å²) in [4.78, 5) is 14.6. The van der Waals surface area contributed by atoms with Crippen molar-refractivity contribution in [1.29, 1.82) is 0 Å². The van der Waals surface area contributed by atoms with Crippen molar-refractivity contribution in [2.75, 3.05) is 5.75 Å². The minimum absolute atomic E-state index is 0.144. The number of likely N-dealkylation sites (tertiary alicyclic amines) is 1. The molecule has 1 aliphatic rings. The molecule has 6 nitrogen and oxygen atoms in total. The van der Waals surface area contributed by atoms with Crippen LogP contribution in [0.4, 0.5) is 0 Å². The molecule has 0 aliphatic carbocycles. The van der Waals surface area contributed by atoms with Crippen molar-refractivity contribution in [1.82, 2.24) is 25.1 Å². The lowest BCUT2D eigenvalue weighted by molar-refractivity contribution is -0.134. The maximum absolute atomic E-state index is 12.6. The predicted octanol–water partition coefficient (Wildman–Crippen LogP) is 3.20. The number of carbonyl (C=O) groups is 1. The molecule has 2 aromatic rings. The van der Waals surface area contributed by atoms with Crippen LogP contribution >= 0.6 is 23.4 Å².